The highest BCUT2D eigenvalue weighted by Gasteiger charge is 2.50. The molecule has 3 N–H and O–H groups in total. The van der Waals surface area contributed by atoms with Crippen molar-refractivity contribution in [2.24, 2.45) is 5.73 Å². The van der Waals surface area contributed by atoms with E-state index in [4.69, 9.17) is 10.5 Å². The minimum absolute atomic E-state index is 0.0388. The van der Waals surface area contributed by atoms with Crippen LogP contribution >= 0.6 is 15.9 Å². The van der Waals surface area contributed by atoms with Gasteiger partial charge in [-0.1, -0.05) is 15.9 Å². The Hall–Kier alpha value is -0.740. The van der Waals surface area contributed by atoms with E-state index >= 15 is 0 Å². The Balaban J connectivity index is 2.59. The molecule has 4 heteroatoms. The molecule has 1 aliphatic carbocycles. The summed E-state index contributed by atoms with van der Waals surface area (Å²) in [5.74, 6) is 0.719. The highest BCUT2D eigenvalue weighted by molar-refractivity contribution is 9.10. The number of phenols is 1. The summed E-state index contributed by atoms with van der Waals surface area (Å²) in [6.45, 7) is 2.00. The maximum atomic E-state index is 9.80. The Morgan fingerprint density at radius 2 is 2.12 bits per heavy atom. The molecule has 0 radical (unpaired) electrons. The van der Waals surface area contributed by atoms with Gasteiger partial charge in [-0.15, -0.1) is 0 Å². The van der Waals surface area contributed by atoms with E-state index in [1.165, 1.54) is 0 Å². The molecule has 1 aromatic rings. The average Bonchev–Trinajstić information content (AvgIpc) is 3.02. The summed E-state index contributed by atoms with van der Waals surface area (Å²) in [7, 11) is 1.57. The monoisotopic (exact) mass is 285 g/mol. The van der Waals surface area contributed by atoms with Gasteiger partial charge in [-0.25, -0.2) is 0 Å². The molecule has 0 aromatic heterocycles. The largest absolute Gasteiger partial charge is 0.504 e. The number of rotatable bonds is 3. The zero-order valence-corrected chi connectivity index (χ0v) is 11.0. The van der Waals surface area contributed by atoms with Crippen molar-refractivity contribution in [1.82, 2.24) is 0 Å². The van der Waals surface area contributed by atoms with Crippen molar-refractivity contribution in [3.05, 3.63) is 22.2 Å². The van der Waals surface area contributed by atoms with Crippen molar-refractivity contribution in [3.8, 4) is 11.5 Å². The summed E-state index contributed by atoms with van der Waals surface area (Å²) in [6.07, 6.45) is 2.09. The lowest BCUT2D eigenvalue weighted by Crippen LogP contribution is -2.32. The molecule has 0 aliphatic heterocycles. The molecule has 0 heterocycles. The second-order valence-electron chi connectivity index (χ2n) is 4.42. The topological polar surface area (TPSA) is 55.5 Å². The summed E-state index contributed by atoms with van der Waals surface area (Å²) < 4.78 is 6.25. The number of hydrogen-bond acceptors (Lipinski definition) is 3. The van der Waals surface area contributed by atoms with Gasteiger partial charge in [0.15, 0.2) is 11.5 Å². The molecule has 88 valence electrons. The minimum atomic E-state index is -0.0388. The van der Waals surface area contributed by atoms with Crippen LogP contribution < -0.4 is 10.5 Å². The van der Waals surface area contributed by atoms with Gasteiger partial charge in [0.05, 0.1) is 7.11 Å². The molecule has 2 rings (SSSR count). The van der Waals surface area contributed by atoms with E-state index in [1.807, 2.05) is 13.0 Å². The lowest BCUT2D eigenvalue weighted by atomic mass is 9.88. The fourth-order valence-corrected chi connectivity index (χ4v) is 2.99. The number of phenolic OH excluding ortho intramolecular Hbond substituents is 1. The smallest absolute Gasteiger partial charge is 0.165 e. The first kappa shape index (κ1) is 11.7. The zero-order chi connectivity index (χ0) is 11.9. The number of methoxy groups -OCH3 is 1. The van der Waals surface area contributed by atoms with Crippen LogP contribution in [-0.4, -0.2) is 18.3 Å². The average molecular weight is 286 g/mol. The van der Waals surface area contributed by atoms with E-state index in [0.717, 1.165) is 22.9 Å². The van der Waals surface area contributed by atoms with Gasteiger partial charge in [0.1, 0.15) is 0 Å². The highest BCUT2D eigenvalue weighted by atomic mass is 79.9. The summed E-state index contributed by atoms with van der Waals surface area (Å²) >= 11 is 3.52. The van der Waals surface area contributed by atoms with Crippen LogP contribution in [0.4, 0.5) is 0 Å². The van der Waals surface area contributed by atoms with Crippen molar-refractivity contribution in [3.63, 3.8) is 0 Å². The molecule has 1 fully saturated rings. The third kappa shape index (κ3) is 1.60. The summed E-state index contributed by atoms with van der Waals surface area (Å²) in [5, 5.41) is 9.80. The number of benzene rings is 1. The Labute approximate surface area is 104 Å². The molecule has 1 atom stereocenters. The molecule has 0 amide bonds. The van der Waals surface area contributed by atoms with E-state index in [1.54, 1.807) is 13.2 Å². The molecular formula is C12H16BrNO2. The van der Waals surface area contributed by atoms with E-state index in [2.05, 4.69) is 15.9 Å². The van der Waals surface area contributed by atoms with Gasteiger partial charge in [0.25, 0.3) is 0 Å². The van der Waals surface area contributed by atoms with Gasteiger partial charge in [-0.05, 0) is 31.9 Å². The van der Waals surface area contributed by atoms with Crippen LogP contribution in [0.15, 0.2) is 16.6 Å². The molecule has 1 aliphatic rings. The van der Waals surface area contributed by atoms with Crippen molar-refractivity contribution in [1.29, 1.82) is 0 Å². The summed E-state index contributed by atoms with van der Waals surface area (Å²) in [6, 6.07) is 3.53. The Morgan fingerprint density at radius 3 is 2.56 bits per heavy atom. The lowest BCUT2D eigenvalue weighted by Gasteiger charge is -2.24. The molecule has 1 saturated carbocycles. The molecular weight excluding hydrogens is 270 g/mol. The van der Waals surface area contributed by atoms with E-state index in [0.29, 0.717) is 5.75 Å². The molecule has 0 bridgehead atoms. The Morgan fingerprint density at radius 1 is 1.50 bits per heavy atom. The number of halogens is 1. The number of ether oxygens (including phenoxy) is 1. The van der Waals surface area contributed by atoms with Crippen LogP contribution in [0.3, 0.4) is 0 Å². The highest BCUT2D eigenvalue weighted by Crippen LogP contribution is 2.57. The number of nitrogens with two attached hydrogens (primary N) is 1. The van der Waals surface area contributed by atoms with Gasteiger partial charge in [0, 0.05) is 21.5 Å². The normalized spacial score (nSPS) is 19.2. The summed E-state index contributed by atoms with van der Waals surface area (Å²) in [4.78, 5) is 0. The number of aromatic hydroxyl groups is 1. The second-order valence-corrected chi connectivity index (χ2v) is 5.27. The van der Waals surface area contributed by atoms with Gasteiger partial charge in [0.2, 0.25) is 0 Å². The van der Waals surface area contributed by atoms with Crippen LogP contribution in [0.2, 0.25) is 0 Å². The summed E-state index contributed by atoms with van der Waals surface area (Å²) in [5.41, 5.74) is 7.02. The van der Waals surface area contributed by atoms with E-state index < -0.39 is 0 Å². The van der Waals surface area contributed by atoms with Gasteiger partial charge in [-0.2, -0.15) is 0 Å². The predicted octanol–water partition coefficient (Wildman–Crippen LogP) is 2.54. The zero-order valence-electron chi connectivity index (χ0n) is 9.46. The third-order valence-electron chi connectivity index (χ3n) is 3.45. The van der Waals surface area contributed by atoms with Crippen LogP contribution in [0.25, 0.3) is 0 Å². The maximum absolute atomic E-state index is 9.80. The third-order valence-corrected chi connectivity index (χ3v) is 4.11. The van der Waals surface area contributed by atoms with Gasteiger partial charge >= 0.3 is 0 Å². The first-order valence-corrected chi connectivity index (χ1v) is 6.14. The number of hydrogen-bond donors (Lipinski definition) is 2. The first-order valence-electron chi connectivity index (χ1n) is 5.34. The fourth-order valence-electron chi connectivity index (χ4n) is 2.29. The molecule has 16 heavy (non-hydrogen) atoms. The second kappa shape index (κ2) is 3.93. The van der Waals surface area contributed by atoms with E-state index in [9.17, 15) is 5.11 Å². The van der Waals surface area contributed by atoms with Crippen LogP contribution in [0, 0.1) is 0 Å². The molecule has 3 nitrogen and oxygen atoms in total. The molecule has 0 saturated heterocycles. The Bertz CT molecular complexity index is 414. The molecule has 1 unspecified atom stereocenters. The first-order chi connectivity index (χ1) is 7.53. The van der Waals surface area contributed by atoms with E-state index in [-0.39, 0.29) is 17.2 Å². The van der Waals surface area contributed by atoms with Crippen LogP contribution in [0.1, 0.15) is 25.3 Å². The maximum Gasteiger partial charge on any atom is 0.165 e. The Kier molecular flexibility index (Phi) is 2.88. The van der Waals surface area contributed by atoms with Crippen molar-refractivity contribution in [2.45, 2.75) is 31.2 Å². The van der Waals surface area contributed by atoms with Crippen LogP contribution in [-0.2, 0) is 5.41 Å². The molecule has 0 spiro atoms. The standard InChI is InChI=1S/C12H16BrNO2/c1-7(14)12(5-6-12)10-8(13)3-4-9(15)11(10)16-2/h3-4,7,15H,5-6,14H2,1-2H3. The predicted molar refractivity (Wildman–Crippen MR) is 66.9 cm³/mol. The lowest BCUT2D eigenvalue weighted by molar-refractivity contribution is 0.361. The van der Waals surface area contributed by atoms with Gasteiger partial charge < -0.3 is 15.6 Å². The minimum Gasteiger partial charge on any atom is -0.504 e. The van der Waals surface area contributed by atoms with Gasteiger partial charge in [-0.3, -0.25) is 0 Å². The van der Waals surface area contributed by atoms with Crippen molar-refractivity contribution in [2.75, 3.05) is 7.11 Å². The SMILES string of the molecule is COc1c(O)ccc(Br)c1C1(C(C)N)CC1. The fraction of sp³-hybridized carbons (Fsp3) is 0.500. The van der Waals surface area contributed by atoms with Crippen LogP contribution in [0.5, 0.6) is 11.5 Å². The quantitative estimate of drug-likeness (QED) is 0.897. The van der Waals surface area contributed by atoms with Crippen molar-refractivity contribution < 1.29 is 9.84 Å². The van der Waals surface area contributed by atoms with Crippen molar-refractivity contribution >= 4 is 15.9 Å². The molecule has 1 aromatic carbocycles.